The Labute approximate surface area is 165 Å². The van der Waals surface area contributed by atoms with Crippen molar-refractivity contribution in [2.24, 2.45) is 0 Å². The average molecular weight is 426 g/mol. The van der Waals surface area contributed by atoms with Crippen LogP contribution in [0.1, 0.15) is 0 Å². The number of rotatable bonds is 6. The van der Waals surface area contributed by atoms with Gasteiger partial charge >= 0.3 is 11.9 Å². The molecule has 0 aromatic heterocycles. The number of hydrogen-bond acceptors (Lipinski definition) is 13. The van der Waals surface area contributed by atoms with E-state index in [1.54, 1.807) is 0 Å². The Kier molecular flexibility index (Phi) is 8.28. The third-order valence-electron chi connectivity index (χ3n) is 4.75. The molecule has 0 aliphatic carbocycles. The fraction of sp³-hybridized carbons (Fsp3) is 0.875. The fourth-order valence-electron chi connectivity index (χ4n) is 3.16. The van der Waals surface area contributed by atoms with Gasteiger partial charge in [-0.25, -0.2) is 9.59 Å². The standard InChI is InChI=1S/C16H26O13/c1-23-9-5(17)8(20)16(29-11(9)13(21)24-2)27-10-6(18)7(19)15(26-4)28-12(10)14(22)25-3/h5-12,15-20H,1-4H3/t5?,6-,7-,8?,9-,10?,11+,12?,15+,16?/m0/s1. The van der Waals surface area contributed by atoms with Crippen LogP contribution in [0.15, 0.2) is 0 Å². The van der Waals surface area contributed by atoms with Gasteiger partial charge in [0.1, 0.15) is 36.6 Å². The number of ether oxygens (including phenoxy) is 7. The van der Waals surface area contributed by atoms with E-state index in [1.165, 1.54) is 14.2 Å². The lowest BCUT2D eigenvalue weighted by molar-refractivity contribution is -0.349. The Balaban J connectivity index is 2.27. The second-order valence-corrected chi connectivity index (χ2v) is 6.40. The molecule has 0 spiro atoms. The van der Waals surface area contributed by atoms with Gasteiger partial charge in [0.25, 0.3) is 0 Å². The van der Waals surface area contributed by atoms with Gasteiger partial charge in [-0.3, -0.25) is 0 Å². The van der Waals surface area contributed by atoms with Gasteiger partial charge in [-0.1, -0.05) is 0 Å². The second-order valence-electron chi connectivity index (χ2n) is 6.40. The lowest BCUT2D eigenvalue weighted by atomic mass is 9.96. The summed E-state index contributed by atoms with van der Waals surface area (Å²) in [5.74, 6) is -1.88. The molecule has 2 fully saturated rings. The molecule has 2 heterocycles. The van der Waals surface area contributed by atoms with Crippen molar-refractivity contribution in [2.45, 2.75) is 61.4 Å². The lowest BCUT2D eigenvalue weighted by Crippen LogP contribution is -2.66. The van der Waals surface area contributed by atoms with Gasteiger partial charge in [-0.05, 0) is 0 Å². The van der Waals surface area contributed by atoms with E-state index in [1.807, 2.05) is 0 Å². The zero-order valence-corrected chi connectivity index (χ0v) is 16.2. The van der Waals surface area contributed by atoms with Crippen molar-refractivity contribution in [1.82, 2.24) is 0 Å². The number of carbonyl (C=O) groups excluding carboxylic acids is 2. The van der Waals surface area contributed by atoms with Gasteiger partial charge in [0.05, 0.1) is 14.2 Å². The van der Waals surface area contributed by atoms with Crippen LogP contribution in [0.2, 0.25) is 0 Å². The molecule has 4 N–H and O–H groups in total. The van der Waals surface area contributed by atoms with Crippen molar-refractivity contribution in [3.8, 4) is 0 Å². The molecule has 10 atom stereocenters. The SMILES string of the molecule is COC(=O)C1O[C@@H](OC)[C@@H](O)[C@H](O)C1OC1O[C@@H](C(=O)OC)[C@@H](OC)C(O)C1O. The average Bonchev–Trinajstić information content (AvgIpc) is 2.73. The van der Waals surface area contributed by atoms with Crippen LogP contribution >= 0.6 is 0 Å². The molecule has 2 rings (SSSR count). The van der Waals surface area contributed by atoms with Crippen LogP contribution < -0.4 is 0 Å². The normalized spacial score (nSPS) is 42.9. The second kappa shape index (κ2) is 10.1. The zero-order chi connectivity index (χ0) is 21.9. The summed E-state index contributed by atoms with van der Waals surface area (Å²) in [6.45, 7) is 0. The first kappa shape index (κ1) is 23.9. The van der Waals surface area contributed by atoms with E-state index >= 15 is 0 Å². The summed E-state index contributed by atoms with van der Waals surface area (Å²) in [4.78, 5) is 24.0. The molecule has 168 valence electrons. The molecule has 0 saturated carbocycles. The molecule has 0 radical (unpaired) electrons. The van der Waals surface area contributed by atoms with Gasteiger partial charge in [-0.2, -0.15) is 0 Å². The van der Waals surface area contributed by atoms with E-state index in [0.717, 1.165) is 14.2 Å². The Hall–Kier alpha value is -1.42. The topological polar surface area (TPSA) is 180 Å². The van der Waals surface area contributed by atoms with Gasteiger partial charge in [-0.15, -0.1) is 0 Å². The molecule has 2 saturated heterocycles. The first-order valence-corrected chi connectivity index (χ1v) is 8.61. The number of esters is 2. The van der Waals surface area contributed by atoms with E-state index in [-0.39, 0.29) is 0 Å². The molecule has 5 unspecified atom stereocenters. The number of carbonyl (C=O) groups is 2. The zero-order valence-electron chi connectivity index (χ0n) is 16.2. The van der Waals surface area contributed by atoms with Crippen LogP contribution in [0.4, 0.5) is 0 Å². The Morgan fingerprint density at radius 2 is 1.10 bits per heavy atom. The summed E-state index contributed by atoms with van der Waals surface area (Å²) in [6.07, 6.45) is -15.8. The van der Waals surface area contributed by atoms with Crippen LogP contribution in [-0.4, -0.2) is 122 Å². The molecule has 0 amide bonds. The predicted molar refractivity (Wildman–Crippen MR) is 88.1 cm³/mol. The van der Waals surface area contributed by atoms with Crippen molar-refractivity contribution in [1.29, 1.82) is 0 Å². The largest absolute Gasteiger partial charge is 0.467 e. The van der Waals surface area contributed by atoms with Crippen molar-refractivity contribution < 1.29 is 63.2 Å². The molecular formula is C16H26O13. The fourth-order valence-corrected chi connectivity index (χ4v) is 3.16. The molecule has 0 aromatic carbocycles. The van der Waals surface area contributed by atoms with Gasteiger partial charge in [0.15, 0.2) is 24.8 Å². The van der Waals surface area contributed by atoms with Gasteiger partial charge in [0.2, 0.25) is 0 Å². The molecule has 13 nitrogen and oxygen atoms in total. The molecule has 2 aliphatic heterocycles. The third kappa shape index (κ3) is 4.68. The minimum absolute atomic E-state index is 0.916. The molecular weight excluding hydrogens is 400 g/mol. The molecule has 0 aromatic rings. The highest BCUT2D eigenvalue weighted by Crippen LogP contribution is 2.30. The van der Waals surface area contributed by atoms with E-state index in [4.69, 9.17) is 23.7 Å². The third-order valence-corrected chi connectivity index (χ3v) is 4.75. The molecule has 2 aliphatic rings. The van der Waals surface area contributed by atoms with Crippen molar-refractivity contribution >= 4 is 11.9 Å². The predicted octanol–water partition coefficient (Wildman–Crippen LogP) is -3.73. The minimum atomic E-state index is -1.75. The van der Waals surface area contributed by atoms with Crippen molar-refractivity contribution in [3.63, 3.8) is 0 Å². The highest BCUT2D eigenvalue weighted by atomic mass is 16.7. The van der Waals surface area contributed by atoms with Crippen LogP contribution in [-0.2, 0) is 42.7 Å². The van der Waals surface area contributed by atoms with E-state index < -0.39 is 73.4 Å². The summed E-state index contributed by atoms with van der Waals surface area (Å²) >= 11 is 0. The van der Waals surface area contributed by atoms with Gasteiger partial charge < -0.3 is 53.6 Å². The lowest BCUT2D eigenvalue weighted by Gasteiger charge is -2.45. The molecule has 29 heavy (non-hydrogen) atoms. The monoisotopic (exact) mass is 426 g/mol. The highest BCUT2D eigenvalue weighted by molar-refractivity contribution is 5.76. The number of aliphatic hydroxyl groups excluding tert-OH is 4. The van der Waals surface area contributed by atoms with E-state index in [0.29, 0.717) is 0 Å². The maximum atomic E-state index is 12.1. The molecule has 0 bridgehead atoms. The van der Waals surface area contributed by atoms with Gasteiger partial charge in [0, 0.05) is 14.2 Å². The Bertz CT molecular complexity index is 571. The smallest absolute Gasteiger partial charge is 0.337 e. The van der Waals surface area contributed by atoms with Crippen LogP contribution in [0.3, 0.4) is 0 Å². The van der Waals surface area contributed by atoms with Crippen LogP contribution in [0.25, 0.3) is 0 Å². The van der Waals surface area contributed by atoms with E-state index in [2.05, 4.69) is 9.47 Å². The maximum absolute atomic E-state index is 12.1. The first-order valence-electron chi connectivity index (χ1n) is 8.61. The number of hydrogen-bond donors (Lipinski definition) is 4. The summed E-state index contributed by atoms with van der Waals surface area (Å²) in [5, 5.41) is 41.1. The first-order chi connectivity index (χ1) is 13.7. The Morgan fingerprint density at radius 3 is 1.59 bits per heavy atom. The maximum Gasteiger partial charge on any atom is 0.337 e. The summed E-state index contributed by atoms with van der Waals surface area (Å²) in [7, 11) is 4.52. The summed E-state index contributed by atoms with van der Waals surface area (Å²) in [6, 6.07) is 0. The highest BCUT2D eigenvalue weighted by Gasteiger charge is 2.54. The Morgan fingerprint density at radius 1 is 0.655 bits per heavy atom. The van der Waals surface area contributed by atoms with Crippen molar-refractivity contribution in [2.75, 3.05) is 28.4 Å². The molecule has 13 heteroatoms. The van der Waals surface area contributed by atoms with E-state index in [9.17, 15) is 30.0 Å². The van der Waals surface area contributed by atoms with Crippen molar-refractivity contribution in [3.05, 3.63) is 0 Å². The summed E-state index contributed by atoms with van der Waals surface area (Å²) < 4.78 is 35.2. The summed E-state index contributed by atoms with van der Waals surface area (Å²) in [5.41, 5.74) is 0. The number of aliphatic hydroxyl groups is 4. The number of methoxy groups -OCH3 is 4. The minimum Gasteiger partial charge on any atom is -0.467 e. The quantitative estimate of drug-likeness (QED) is 0.305. The van der Waals surface area contributed by atoms with Crippen LogP contribution in [0, 0.1) is 0 Å². The van der Waals surface area contributed by atoms with Crippen LogP contribution in [0.5, 0.6) is 0 Å².